The van der Waals surface area contributed by atoms with Crippen molar-refractivity contribution in [3.8, 4) is 0 Å². The van der Waals surface area contributed by atoms with Crippen molar-refractivity contribution in [2.45, 2.75) is 32.9 Å². The van der Waals surface area contributed by atoms with Crippen molar-refractivity contribution in [2.75, 3.05) is 17.1 Å². The van der Waals surface area contributed by atoms with E-state index in [0.717, 1.165) is 16.1 Å². The quantitative estimate of drug-likeness (QED) is 0.664. The number of halogens is 1. The van der Waals surface area contributed by atoms with E-state index in [9.17, 15) is 13.2 Å². The molecule has 0 aromatic heterocycles. The first kappa shape index (κ1) is 21.4. The van der Waals surface area contributed by atoms with E-state index in [1.54, 1.807) is 29.2 Å². The molecule has 2 aromatic rings. The molecule has 0 fully saturated rings. The minimum Gasteiger partial charge on any atom is -0.332 e. The Kier molecular flexibility index (Phi) is 6.70. The van der Waals surface area contributed by atoms with Crippen LogP contribution in [0.15, 0.2) is 59.1 Å². The van der Waals surface area contributed by atoms with Crippen LogP contribution in [0.2, 0.25) is 0 Å². The van der Waals surface area contributed by atoms with Gasteiger partial charge in [0.1, 0.15) is 6.54 Å². The van der Waals surface area contributed by atoms with Gasteiger partial charge in [-0.2, -0.15) is 0 Å². The fraction of sp³-hybridized carbons (Fsp3) is 0.350. The molecule has 1 amide bonds. The van der Waals surface area contributed by atoms with Crippen LogP contribution in [0.1, 0.15) is 26.3 Å². The predicted octanol–water partition coefficient (Wildman–Crippen LogP) is 4.04. The molecule has 0 N–H and O–H groups in total. The Labute approximate surface area is 170 Å². The lowest BCUT2D eigenvalue weighted by atomic mass is 10.0. The van der Waals surface area contributed by atoms with Gasteiger partial charge in [0, 0.05) is 16.6 Å². The lowest BCUT2D eigenvalue weighted by Crippen LogP contribution is -2.50. The summed E-state index contributed by atoms with van der Waals surface area (Å²) < 4.78 is 26.5. The number of rotatable bonds is 6. The Hall–Kier alpha value is -1.86. The molecule has 0 aliphatic rings. The molecule has 0 radical (unpaired) electrons. The van der Waals surface area contributed by atoms with Gasteiger partial charge >= 0.3 is 0 Å². The van der Waals surface area contributed by atoms with Crippen LogP contribution in [0.3, 0.4) is 0 Å². The van der Waals surface area contributed by atoms with Gasteiger partial charge in [0.25, 0.3) is 0 Å². The molecule has 0 bridgehead atoms. The largest absolute Gasteiger partial charge is 0.332 e. The molecule has 0 saturated carbocycles. The van der Waals surface area contributed by atoms with Crippen molar-refractivity contribution >= 4 is 37.5 Å². The summed E-state index contributed by atoms with van der Waals surface area (Å²) in [5, 5.41) is 0. The highest BCUT2D eigenvalue weighted by atomic mass is 79.9. The van der Waals surface area contributed by atoms with E-state index in [2.05, 4.69) is 15.9 Å². The van der Waals surface area contributed by atoms with Crippen molar-refractivity contribution in [3.63, 3.8) is 0 Å². The SMILES string of the molecule is CC(C)(C)N(Cc1ccccc1)C(=O)CN(c1ccccc1Br)S(C)(=O)=O. The van der Waals surface area contributed by atoms with Crippen LogP contribution in [-0.4, -0.2) is 37.6 Å². The van der Waals surface area contributed by atoms with Crippen molar-refractivity contribution in [2.24, 2.45) is 0 Å². The van der Waals surface area contributed by atoms with E-state index in [1.807, 2.05) is 51.1 Å². The summed E-state index contributed by atoms with van der Waals surface area (Å²) in [6.45, 7) is 5.98. The highest BCUT2D eigenvalue weighted by Crippen LogP contribution is 2.28. The summed E-state index contributed by atoms with van der Waals surface area (Å²) in [4.78, 5) is 14.8. The predicted molar refractivity (Wildman–Crippen MR) is 113 cm³/mol. The van der Waals surface area contributed by atoms with Crippen LogP contribution in [-0.2, 0) is 21.4 Å². The lowest BCUT2D eigenvalue weighted by Gasteiger charge is -2.37. The van der Waals surface area contributed by atoms with E-state index in [1.165, 1.54) is 0 Å². The maximum Gasteiger partial charge on any atom is 0.244 e. The minimum absolute atomic E-state index is 0.257. The normalized spacial score (nSPS) is 11.9. The van der Waals surface area contributed by atoms with E-state index in [0.29, 0.717) is 16.7 Å². The third-order valence-electron chi connectivity index (χ3n) is 4.09. The number of sulfonamides is 1. The van der Waals surface area contributed by atoms with Crippen molar-refractivity contribution < 1.29 is 13.2 Å². The molecule has 7 heteroatoms. The zero-order chi connectivity index (χ0) is 20.2. The topological polar surface area (TPSA) is 57.7 Å². The van der Waals surface area contributed by atoms with Crippen LogP contribution in [0, 0.1) is 0 Å². The summed E-state index contributed by atoms with van der Waals surface area (Å²) in [7, 11) is -3.63. The summed E-state index contributed by atoms with van der Waals surface area (Å²) in [5.41, 5.74) is 0.985. The zero-order valence-corrected chi connectivity index (χ0v) is 18.4. The third-order valence-corrected chi connectivity index (χ3v) is 5.89. The maximum absolute atomic E-state index is 13.1. The second-order valence-electron chi connectivity index (χ2n) is 7.36. The maximum atomic E-state index is 13.1. The van der Waals surface area contributed by atoms with E-state index < -0.39 is 15.6 Å². The minimum atomic E-state index is -3.63. The van der Waals surface area contributed by atoms with Crippen LogP contribution >= 0.6 is 15.9 Å². The number of amides is 1. The van der Waals surface area contributed by atoms with Crippen molar-refractivity contribution in [1.29, 1.82) is 0 Å². The highest BCUT2D eigenvalue weighted by molar-refractivity contribution is 9.10. The molecule has 2 aromatic carbocycles. The smallest absolute Gasteiger partial charge is 0.244 e. The van der Waals surface area contributed by atoms with Crippen molar-refractivity contribution in [3.05, 3.63) is 64.6 Å². The number of nitrogens with zero attached hydrogens (tertiary/aromatic N) is 2. The Morgan fingerprint density at radius 3 is 2.07 bits per heavy atom. The average Bonchev–Trinajstić information content (AvgIpc) is 2.57. The van der Waals surface area contributed by atoms with Gasteiger partial charge in [-0.05, 0) is 54.4 Å². The number of anilines is 1. The molecule has 0 heterocycles. The zero-order valence-electron chi connectivity index (χ0n) is 16.0. The number of carbonyl (C=O) groups is 1. The van der Waals surface area contributed by atoms with Crippen molar-refractivity contribution in [1.82, 2.24) is 4.90 Å². The first-order valence-corrected chi connectivity index (χ1v) is 11.2. The van der Waals surface area contributed by atoms with E-state index in [-0.39, 0.29) is 12.5 Å². The standard InChI is InChI=1S/C20H25BrN2O3S/c1-20(2,3)22(14-16-10-6-5-7-11-16)19(24)15-23(27(4,25)26)18-13-9-8-12-17(18)21/h5-13H,14-15H2,1-4H3. The summed E-state index contributed by atoms with van der Waals surface area (Å²) in [5.74, 6) is -0.257. The number of benzene rings is 2. The molecule has 5 nitrogen and oxygen atoms in total. The Balaban J connectivity index is 2.34. The van der Waals surface area contributed by atoms with Gasteiger partial charge in [-0.25, -0.2) is 8.42 Å². The monoisotopic (exact) mass is 452 g/mol. The summed E-state index contributed by atoms with van der Waals surface area (Å²) in [6.07, 6.45) is 1.11. The van der Waals surface area contributed by atoms with Gasteiger partial charge in [0.15, 0.2) is 0 Å². The molecule has 0 atom stereocenters. The van der Waals surface area contributed by atoms with Gasteiger partial charge < -0.3 is 4.90 Å². The molecular formula is C20H25BrN2O3S. The molecule has 2 rings (SSSR count). The first-order valence-electron chi connectivity index (χ1n) is 8.57. The fourth-order valence-electron chi connectivity index (χ4n) is 2.71. The molecule has 0 unspecified atom stereocenters. The number of hydrogen-bond acceptors (Lipinski definition) is 3. The highest BCUT2D eigenvalue weighted by Gasteiger charge is 2.30. The summed E-state index contributed by atoms with van der Waals surface area (Å²) in [6, 6.07) is 16.6. The molecule has 0 saturated heterocycles. The second-order valence-corrected chi connectivity index (χ2v) is 10.1. The molecule has 27 heavy (non-hydrogen) atoms. The first-order chi connectivity index (χ1) is 12.5. The molecular weight excluding hydrogens is 428 g/mol. The second kappa shape index (κ2) is 8.44. The molecule has 0 aliphatic carbocycles. The average molecular weight is 453 g/mol. The van der Waals surface area contributed by atoms with Gasteiger partial charge in [-0.1, -0.05) is 42.5 Å². The Morgan fingerprint density at radius 1 is 1.00 bits per heavy atom. The lowest BCUT2D eigenvalue weighted by molar-refractivity contribution is -0.135. The fourth-order valence-corrected chi connectivity index (χ4v) is 4.19. The van der Waals surface area contributed by atoms with E-state index in [4.69, 9.17) is 0 Å². The van der Waals surface area contributed by atoms with Gasteiger partial charge in [-0.3, -0.25) is 9.10 Å². The molecule has 146 valence electrons. The van der Waals surface area contributed by atoms with Crippen LogP contribution in [0.5, 0.6) is 0 Å². The number of hydrogen-bond donors (Lipinski definition) is 0. The third kappa shape index (κ3) is 5.81. The van der Waals surface area contributed by atoms with Gasteiger partial charge in [0.2, 0.25) is 15.9 Å². The Bertz CT molecular complexity index is 893. The van der Waals surface area contributed by atoms with Crippen LogP contribution in [0.4, 0.5) is 5.69 Å². The molecule has 0 aliphatic heterocycles. The Morgan fingerprint density at radius 2 is 1.56 bits per heavy atom. The van der Waals surface area contributed by atoms with Crippen LogP contribution < -0.4 is 4.31 Å². The summed E-state index contributed by atoms with van der Waals surface area (Å²) >= 11 is 3.38. The van der Waals surface area contributed by atoms with Crippen LogP contribution in [0.25, 0.3) is 0 Å². The number of para-hydroxylation sites is 1. The number of carbonyl (C=O) groups excluding carboxylic acids is 1. The van der Waals surface area contributed by atoms with E-state index >= 15 is 0 Å². The van der Waals surface area contributed by atoms with Gasteiger partial charge in [0.05, 0.1) is 11.9 Å². The molecule has 0 spiro atoms. The van der Waals surface area contributed by atoms with Gasteiger partial charge in [-0.15, -0.1) is 0 Å².